The molecular formula is C12H19BrN2O2. The van der Waals surface area contributed by atoms with Crippen molar-refractivity contribution in [1.82, 2.24) is 9.78 Å². The van der Waals surface area contributed by atoms with E-state index in [0.29, 0.717) is 6.42 Å². The zero-order chi connectivity index (χ0) is 12.6. The predicted octanol–water partition coefficient (Wildman–Crippen LogP) is 1.82. The highest BCUT2D eigenvalue weighted by Crippen LogP contribution is 2.28. The Labute approximate surface area is 110 Å². The van der Waals surface area contributed by atoms with Gasteiger partial charge in [0.2, 0.25) is 0 Å². The minimum Gasteiger partial charge on any atom is -0.392 e. The lowest BCUT2D eigenvalue weighted by Crippen LogP contribution is -2.29. The van der Waals surface area contributed by atoms with Gasteiger partial charge in [-0.05, 0) is 36.2 Å². The number of nitrogens with zero attached hydrogens (tertiary/aromatic N) is 2. The third-order valence-electron chi connectivity index (χ3n) is 3.59. The van der Waals surface area contributed by atoms with Gasteiger partial charge < -0.3 is 9.84 Å². The van der Waals surface area contributed by atoms with E-state index in [9.17, 15) is 5.11 Å². The van der Waals surface area contributed by atoms with Crippen LogP contribution in [-0.4, -0.2) is 33.7 Å². The van der Waals surface area contributed by atoms with E-state index < -0.39 is 0 Å². The second-order valence-electron chi connectivity index (χ2n) is 4.77. The summed E-state index contributed by atoms with van der Waals surface area (Å²) in [4.78, 5) is 0. The molecule has 1 saturated heterocycles. The Morgan fingerprint density at radius 1 is 1.65 bits per heavy atom. The molecule has 5 heteroatoms. The average Bonchev–Trinajstić information content (AvgIpc) is 2.78. The van der Waals surface area contributed by atoms with Crippen molar-refractivity contribution in [2.45, 2.75) is 38.9 Å². The first kappa shape index (κ1) is 13.1. The molecule has 4 nitrogen and oxygen atoms in total. The molecule has 0 saturated carbocycles. The minimum atomic E-state index is -0.362. The summed E-state index contributed by atoms with van der Waals surface area (Å²) in [6.45, 7) is 4.75. The lowest BCUT2D eigenvalue weighted by Gasteiger charge is -2.21. The van der Waals surface area contributed by atoms with Crippen LogP contribution >= 0.6 is 15.9 Å². The molecule has 96 valence electrons. The van der Waals surface area contributed by atoms with Gasteiger partial charge in [0.25, 0.3) is 0 Å². The number of aromatic nitrogens is 2. The van der Waals surface area contributed by atoms with E-state index in [2.05, 4.69) is 21.0 Å². The molecule has 1 aromatic heterocycles. The van der Waals surface area contributed by atoms with Gasteiger partial charge in [0.15, 0.2) is 0 Å². The van der Waals surface area contributed by atoms with Gasteiger partial charge in [0.1, 0.15) is 0 Å². The number of aliphatic hydroxyl groups excluding tert-OH is 1. The van der Waals surface area contributed by atoms with Crippen LogP contribution in [0.4, 0.5) is 0 Å². The molecule has 2 rings (SSSR count). The molecule has 1 aliphatic rings. The van der Waals surface area contributed by atoms with Crippen molar-refractivity contribution in [2.24, 2.45) is 13.0 Å². The van der Waals surface area contributed by atoms with Crippen LogP contribution in [0.3, 0.4) is 0 Å². The fraction of sp³-hybridized carbons (Fsp3) is 0.750. The number of rotatable bonds is 3. The summed E-state index contributed by atoms with van der Waals surface area (Å²) in [6, 6.07) is 0. The van der Waals surface area contributed by atoms with Crippen molar-refractivity contribution in [2.75, 3.05) is 6.61 Å². The van der Waals surface area contributed by atoms with Gasteiger partial charge in [-0.3, -0.25) is 4.68 Å². The van der Waals surface area contributed by atoms with E-state index in [1.165, 1.54) is 0 Å². The summed E-state index contributed by atoms with van der Waals surface area (Å²) in [5.74, 6) is 0.233. The van der Waals surface area contributed by atoms with E-state index in [0.717, 1.165) is 28.9 Å². The van der Waals surface area contributed by atoms with Gasteiger partial charge in [-0.1, -0.05) is 0 Å². The Hall–Kier alpha value is -0.390. The van der Waals surface area contributed by atoms with Gasteiger partial charge >= 0.3 is 0 Å². The highest BCUT2D eigenvalue weighted by atomic mass is 79.9. The topological polar surface area (TPSA) is 47.3 Å². The lowest BCUT2D eigenvalue weighted by molar-refractivity contribution is 0.0431. The molecule has 0 spiro atoms. The molecule has 0 aliphatic carbocycles. The van der Waals surface area contributed by atoms with E-state index in [1.54, 1.807) is 0 Å². The standard InChI is InChI=1S/C12H19BrN2O2/c1-7-12(13)10(15(3)14-7)6-11(16)9-4-5-17-8(9)2/h8-9,11,16H,4-6H2,1-3H3. The zero-order valence-corrected chi connectivity index (χ0v) is 12.1. The molecule has 1 aromatic rings. The Bertz CT molecular complexity index is 405. The van der Waals surface area contributed by atoms with Crippen LogP contribution in [0, 0.1) is 12.8 Å². The number of aryl methyl sites for hydroxylation is 2. The lowest BCUT2D eigenvalue weighted by atomic mass is 9.93. The fourth-order valence-corrected chi connectivity index (χ4v) is 3.00. The Kier molecular flexibility index (Phi) is 3.90. The summed E-state index contributed by atoms with van der Waals surface area (Å²) >= 11 is 3.53. The summed E-state index contributed by atoms with van der Waals surface area (Å²) in [5, 5.41) is 14.6. The first-order chi connectivity index (χ1) is 8.00. The minimum absolute atomic E-state index is 0.151. The van der Waals surface area contributed by atoms with E-state index in [1.807, 2.05) is 25.6 Å². The predicted molar refractivity (Wildman–Crippen MR) is 68.9 cm³/mol. The molecule has 1 N–H and O–H groups in total. The summed E-state index contributed by atoms with van der Waals surface area (Å²) < 4.78 is 8.34. The van der Waals surface area contributed by atoms with Crippen LogP contribution in [0.25, 0.3) is 0 Å². The first-order valence-corrected chi connectivity index (χ1v) is 6.77. The van der Waals surface area contributed by atoms with Gasteiger partial charge in [-0.25, -0.2) is 0 Å². The largest absolute Gasteiger partial charge is 0.392 e. The Balaban J connectivity index is 2.10. The van der Waals surface area contributed by atoms with Crippen molar-refractivity contribution in [3.05, 3.63) is 15.9 Å². The third-order valence-corrected chi connectivity index (χ3v) is 4.62. The zero-order valence-electron chi connectivity index (χ0n) is 10.5. The maximum Gasteiger partial charge on any atom is 0.0738 e. The molecule has 0 aromatic carbocycles. The van der Waals surface area contributed by atoms with Gasteiger partial charge in [0, 0.05) is 26.0 Å². The molecule has 1 fully saturated rings. The molecule has 3 atom stereocenters. The quantitative estimate of drug-likeness (QED) is 0.926. The fourth-order valence-electron chi connectivity index (χ4n) is 2.50. The van der Waals surface area contributed by atoms with Crippen LogP contribution in [0.15, 0.2) is 4.47 Å². The van der Waals surface area contributed by atoms with Crippen LogP contribution in [0.1, 0.15) is 24.7 Å². The summed E-state index contributed by atoms with van der Waals surface area (Å²) in [7, 11) is 1.91. The molecule has 1 aliphatic heterocycles. The van der Waals surface area contributed by atoms with Crippen LogP contribution in [0.2, 0.25) is 0 Å². The van der Waals surface area contributed by atoms with E-state index >= 15 is 0 Å². The molecule has 2 heterocycles. The van der Waals surface area contributed by atoms with Crippen LogP contribution < -0.4 is 0 Å². The molecule has 0 bridgehead atoms. The van der Waals surface area contributed by atoms with E-state index in [-0.39, 0.29) is 18.1 Å². The average molecular weight is 303 g/mol. The number of aliphatic hydroxyl groups is 1. The van der Waals surface area contributed by atoms with Gasteiger partial charge in [-0.2, -0.15) is 5.10 Å². The van der Waals surface area contributed by atoms with Gasteiger partial charge in [0.05, 0.1) is 28.1 Å². The summed E-state index contributed by atoms with van der Waals surface area (Å²) in [5.41, 5.74) is 2.01. The second-order valence-corrected chi connectivity index (χ2v) is 5.56. The number of halogens is 1. The normalized spacial score (nSPS) is 26.4. The third kappa shape index (κ3) is 2.56. The van der Waals surface area contributed by atoms with Crippen molar-refractivity contribution in [1.29, 1.82) is 0 Å². The number of hydrogen-bond donors (Lipinski definition) is 1. The van der Waals surface area contributed by atoms with Crippen molar-refractivity contribution in [3.8, 4) is 0 Å². The molecule has 17 heavy (non-hydrogen) atoms. The molecular weight excluding hydrogens is 284 g/mol. The highest BCUT2D eigenvalue weighted by molar-refractivity contribution is 9.10. The van der Waals surface area contributed by atoms with Crippen LogP contribution in [0.5, 0.6) is 0 Å². The Morgan fingerprint density at radius 3 is 2.82 bits per heavy atom. The van der Waals surface area contributed by atoms with Crippen molar-refractivity contribution >= 4 is 15.9 Å². The number of ether oxygens (including phenoxy) is 1. The maximum atomic E-state index is 10.3. The first-order valence-electron chi connectivity index (χ1n) is 5.98. The molecule has 0 radical (unpaired) electrons. The molecule has 3 unspecified atom stereocenters. The van der Waals surface area contributed by atoms with E-state index in [4.69, 9.17) is 4.74 Å². The second kappa shape index (κ2) is 5.08. The monoisotopic (exact) mass is 302 g/mol. The summed E-state index contributed by atoms with van der Waals surface area (Å²) in [6.07, 6.45) is 1.35. The maximum absolute atomic E-state index is 10.3. The smallest absolute Gasteiger partial charge is 0.0738 e. The SMILES string of the molecule is Cc1nn(C)c(CC(O)C2CCOC2C)c1Br. The Morgan fingerprint density at radius 2 is 2.35 bits per heavy atom. The van der Waals surface area contributed by atoms with Crippen molar-refractivity contribution < 1.29 is 9.84 Å². The van der Waals surface area contributed by atoms with Gasteiger partial charge in [-0.15, -0.1) is 0 Å². The van der Waals surface area contributed by atoms with Crippen molar-refractivity contribution in [3.63, 3.8) is 0 Å². The van der Waals surface area contributed by atoms with Crippen LogP contribution in [-0.2, 0) is 18.2 Å². The molecule has 0 amide bonds. The highest BCUT2D eigenvalue weighted by Gasteiger charge is 2.31. The number of hydrogen-bond acceptors (Lipinski definition) is 3.